The summed E-state index contributed by atoms with van der Waals surface area (Å²) in [6.45, 7) is 10.0. The first-order valence-corrected chi connectivity index (χ1v) is 9.36. The number of amides is 1. The van der Waals surface area contributed by atoms with Crippen molar-refractivity contribution >= 4 is 5.91 Å². The van der Waals surface area contributed by atoms with Crippen LogP contribution in [0.1, 0.15) is 36.2 Å². The van der Waals surface area contributed by atoms with Crippen LogP contribution >= 0.6 is 0 Å². The van der Waals surface area contributed by atoms with E-state index >= 15 is 0 Å². The van der Waals surface area contributed by atoms with E-state index in [0.29, 0.717) is 38.2 Å². The van der Waals surface area contributed by atoms with Crippen molar-refractivity contribution in [2.24, 2.45) is 0 Å². The molecule has 1 atom stereocenters. The minimum Gasteiger partial charge on any atom is -0.496 e. The van der Waals surface area contributed by atoms with E-state index in [1.807, 2.05) is 43.9 Å². The van der Waals surface area contributed by atoms with E-state index in [4.69, 9.17) is 9.47 Å². The average molecular weight is 364 g/mol. The Morgan fingerprint density at radius 1 is 1.23 bits per heavy atom. The van der Waals surface area contributed by atoms with Crippen LogP contribution < -0.4 is 4.74 Å². The lowest BCUT2D eigenvalue weighted by Gasteiger charge is -2.35. The van der Waals surface area contributed by atoms with Crippen LogP contribution in [0.3, 0.4) is 0 Å². The lowest BCUT2D eigenvalue weighted by Crippen LogP contribution is -2.50. The molecule has 1 aliphatic heterocycles. The monoisotopic (exact) mass is 364 g/mol. The molecule has 0 saturated carbocycles. The normalized spacial score (nSPS) is 16.8. The Balaban J connectivity index is 1.79. The zero-order valence-corrected chi connectivity index (χ0v) is 16.4. The highest BCUT2D eigenvalue weighted by Crippen LogP contribution is 2.20. The fraction of sp³-hybridized carbons (Fsp3) is 0.650. The minimum atomic E-state index is -0.391. The van der Waals surface area contributed by atoms with E-state index in [9.17, 15) is 9.90 Å². The fourth-order valence-electron chi connectivity index (χ4n) is 3.10. The number of aliphatic hydroxyl groups is 1. The maximum Gasteiger partial charge on any atom is 0.254 e. The molecule has 6 heteroatoms. The van der Waals surface area contributed by atoms with Gasteiger partial charge >= 0.3 is 0 Å². The summed E-state index contributed by atoms with van der Waals surface area (Å²) in [5.74, 6) is 0.773. The number of rotatable bonds is 8. The minimum absolute atomic E-state index is 0.0360. The molecule has 2 rings (SSSR count). The first kappa shape index (κ1) is 20.7. The predicted molar refractivity (Wildman–Crippen MR) is 102 cm³/mol. The van der Waals surface area contributed by atoms with Crippen molar-refractivity contribution in [3.05, 3.63) is 29.3 Å². The number of benzene rings is 1. The Hall–Kier alpha value is -1.63. The molecule has 0 bridgehead atoms. The Morgan fingerprint density at radius 2 is 1.92 bits per heavy atom. The fourth-order valence-corrected chi connectivity index (χ4v) is 3.10. The number of piperazine rings is 1. The molecule has 6 nitrogen and oxygen atoms in total. The van der Waals surface area contributed by atoms with Crippen LogP contribution in [-0.4, -0.2) is 79.5 Å². The highest BCUT2D eigenvalue weighted by atomic mass is 16.5. The summed E-state index contributed by atoms with van der Waals surface area (Å²) in [7, 11) is 1.62. The van der Waals surface area contributed by atoms with Gasteiger partial charge in [0.25, 0.3) is 5.91 Å². The Bertz CT molecular complexity index is 583. The molecule has 0 aliphatic carbocycles. The van der Waals surface area contributed by atoms with E-state index in [0.717, 1.165) is 24.4 Å². The summed E-state index contributed by atoms with van der Waals surface area (Å²) in [6.07, 6.45) is 0.440. The number of hydrogen-bond donors (Lipinski definition) is 1. The van der Waals surface area contributed by atoms with Crippen LogP contribution in [0.4, 0.5) is 0 Å². The summed E-state index contributed by atoms with van der Waals surface area (Å²) in [5, 5.41) is 10.1. The van der Waals surface area contributed by atoms with Crippen LogP contribution in [0.15, 0.2) is 18.2 Å². The van der Waals surface area contributed by atoms with Gasteiger partial charge in [-0.1, -0.05) is 6.07 Å². The second kappa shape index (κ2) is 9.90. The van der Waals surface area contributed by atoms with Gasteiger partial charge in [-0.25, -0.2) is 0 Å². The molecule has 0 aromatic heterocycles. The van der Waals surface area contributed by atoms with E-state index in [2.05, 4.69) is 4.90 Å². The molecule has 1 fully saturated rings. The third kappa shape index (κ3) is 5.97. The molecule has 0 spiro atoms. The number of nitrogens with zero attached hydrogens (tertiary/aromatic N) is 2. The van der Waals surface area contributed by atoms with Gasteiger partial charge < -0.3 is 19.5 Å². The Morgan fingerprint density at radius 3 is 2.54 bits per heavy atom. The highest BCUT2D eigenvalue weighted by molar-refractivity contribution is 5.94. The van der Waals surface area contributed by atoms with Crippen molar-refractivity contribution in [2.45, 2.75) is 39.4 Å². The van der Waals surface area contributed by atoms with E-state index < -0.39 is 6.10 Å². The van der Waals surface area contributed by atoms with E-state index in [1.54, 1.807) is 7.11 Å². The van der Waals surface area contributed by atoms with Gasteiger partial charge in [-0.2, -0.15) is 0 Å². The zero-order chi connectivity index (χ0) is 19.1. The second-order valence-corrected chi connectivity index (χ2v) is 7.14. The highest BCUT2D eigenvalue weighted by Gasteiger charge is 2.23. The largest absolute Gasteiger partial charge is 0.496 e. The van der Waals surface area contributed by atoms with Crippen LogP contribution in [0.5, 0.6) is 5.75 Å². The summed E-state index contributed by atoms with van der Waals surface area (Å²) in [6, 6.07) is 5.57. The molecule has 1 aliphatic rings. The van der Waals surface area contributed by atoms with Crippen molar-refractivity contribution in [2.75, 3.05) is 46.4 Å². The molecule has 0 radical (unpaired) electrons. The molecule has 26 heavy (non-hydrogen) atoms. The first-order valence-electron chi connectivity index (χ1n) is 9.36. The van der Waals surface area contributed by atoms with E-state index in [-0.39, 0.29) is 12.0 Å². The standard InChI is InChI=1S/C20H32N2O4/c1-15(2)26-12-7-18(23)14-21-8-10-22(11-9-21)20(24)17-6-5-16(3)19(13-17)25-4/h5-6,13,15,18,23H,7-12,14H2,1-4H3. The van der Waals surface area contributed by atoms with Crippen molar-refractivity contribution in [1.82, 2.24) is 9.80 Å². The summed E-state index contributed by atoms with van der Waals surface area (Å²) in [5.41, 5.74) is 1.68. The number of aryl methyl sites for hydroxylation is 1. The molecule has 1 N–H and O–H groups in total. The van der Waals surface area contributed by atoms with Crippen LogP contribution in [-0.2, 0) is 4.74 Å². The summed E-state index contributed by atoms with van der Waals surface area (Å²) >= 11 is 0. The topological polar surface area (TPSA) is 62.2 Å². The predicted octanol–water partition coefficient (Wildman–Crippen LogP) is 1.94. The number of carbonyl (C=O) groups is 1. The zero-order valence-electron chi connectivity index (χ0n) is 16.4. The lowest BCUT2D eigenvalue weighted by molar-refractivity contribution is 0.0256. The second-order valence-electron chi connectivity index (χ2n) is 7.14. The third-order valence-corrected chi connectivity index (χ3v) is 4.69. The summed E-state index contributed by atoms with van der Waals surface area (Å²) < 4.78 is 10.8. The number of methoxy groups -OCH3 is 1. The van der Waals surface area contributed by atoms with Gasteiger partial charge in [-0.3, -0.25) is 9.69 Å². The molecule has 1 unspecified atom stereocenters. The van der Waals surface area contributed by atoms with Gasteiger partial charge in [0.05, 0.1) is 19.3 Å². The molecule has 1 aromatic rings. The number of hydrogen-bond acceptors (Lipinski definition) is 5. The van der Waals surface area contributed by atoms with Gasteiger partial charge in [0.1, 0.15) is 5.75 Å². The molecular formula is C20H32N2O4. The Labute approximate surface area is 156 Å². The molecule has 1 heterocycles. The number of carbonyl (C=O) groups excluding carboxylic acids is 1. The van der Waals surface area contributed by atoms with Crippen LogP contribution in [0, 0.1) is 6.92 Å². The first-order chi connectivity index (χ1) is 12.4. The van der Waals surface area contributed by atoms with Gasteiger partial charge in [-0.15, -0.1) is 0 Å². The Kier molecular flexibility index (Phi) is 7.87. The van der Waals surface area contributed by atoms with Crippen LogP contribution in [0.2, 0.25) is 0 Å². The molecule has 1 aromatic carbocycles. The molecule has 1 amide bonds. The van der Waals surface area contributed by atoms with Crippen molar-refractivity contribution in [1.29, 1.82) is 0 Å². The van der Waals surface area contributed by atoms with Crippen molar-refractivity contribution < 1.29 is 19.4 Å². The number of β-amino-alcohol motifs (C(OH)–C–C–N with tert-alkyl or cyclic N) is 1. The molecular weight excluding hydrogens is 332 g/mol. The average Bonchev–Trinajstić information content (AvgIpc) is 2.62. The maximum atomic E-state index is 12.7. The SMILES string of the molecule is COc1cc(C(=O)N2CCN(CC(O)CCOC(C)C)CC2)ccc1C. The smallest absolute Gasteiger partial charge is 0.254 e. The molecule has 1 saturated heterocycles. The van der Waals surface area contributed by atoms with Gasteiger partial charge in [0.2, 0.25) is 0 Å². The third-order valence-electron chi connectivity index (χ3n) is 4.69. The summed E-state index contributed by atoms with van der Waals surface area (Å²) in [4.78, 5) is 16.8. The van der Waals surface area contributed by atoms with Crippen LogP contribution in [0.25, 0.3) is 0 Å². The van der Waals surface area contributed by atoms with Gasteiger partial charge in [-0.05, 0) is 44.9 Å². The molecule has 146 valence electrons. The lowest BCUT2D eigenvalue weighted by atomic mass is 10.1. The van der Waals surface area contributed by atoms with Crippen molar-refractivity contribution in [3.63, 3.8) is 0 Å². The maximum absolute atomic E-state index is 12.7. The van der Waals surface area contributed by atoms with E-state index in [1.165, 1.54) is 0 Å². The number of aliphatic hydroxyl groups excluding tert-OH is 1. The van der Waals surface area contributed by atoms with Gasteiger partial charge in [0, 0.05) is 44.9 Å². The number of ether oxygens (including phenoxy) is 2. The van der Waals surface area contributed by atoms with Gasteiger partial charge in [0.15, 0.2) is 0 Å². The quantitative estimate of drug-likeness (QED) is 0.764. The van der Waals surface area contributed by atoms with Crippen molar-refractivity contribution in [3.8, 4) is 5.75 Å².